The third-order valence-corrected chi connectivity index (χ3v) is 1.01. The maximum atomic E-state index is 9.66. The minimum Gasteiger partial charge on any atom is -0.359 e. The van der Waals surface area contributed by atoms with E-state index < -0.39 is 0 Å². The van der Waals surface area contributed by atoms with Gasteiger partial charge in [0.1, 0.15) is 0 Å². The van der Waals surface area contributed by atoms with Gasteiger partial charge in [0.05, 0.1) is 0 Å². The van der Waals surface area contributed by atoms with Crippen LogP contribution in [0.15, 0.2) is 0 Å². The molecule has 0 aliphatic rings. The van der Waals surface area contributed by atoms with Crippen LogP contribution >= 0.6 is 0 Å². The van der Waals surface area contributed by atoms with Crippen molar-refractivity contribution < 1.29 is 4.79 Å². The number of carbonyl (C=O) groups excluding carboxylic acids is 1. The zero-order valence-corrected chi connectivity index (χ0v) is 5.31. The number of amides is 1. The van der Waals surface area contributed by atoms with E-state index in [1.807, 2.05) is 0 Å². The third kappa shape index (κ3) is 5.47. The molecule has 0 bridgehead atoms. The van der Waals surface area contributed by atoms with Crippen LogP contribution in [0.2, 0.25) is 0 Å². The highest BCUT2D eigenvalue weighted by Gasteiger charge is 1.81. The van der Waals surface area contributed by atoms with E-state index in [0.29, 0.717) is 0 Å². The van der Waals surface area contributed by atoms with Crippen molar-refractivity contribution in [2.24, 2.45) is 0 Å². The van der Waals surface area contributed by atoms with Gasteiger partial charge in [-0.15, -0.1) is 0 Å². The fourth-order valence-electron chi connectivity index (χ4n) is 0.536. The molecule has 0 spiro atoms. The van der Waals surface area contributed by atoms with Crippen molar-refractivity contribution in [2.75, 3.05) is 6.54 Å². The van der Waals surface area contributed by atoms with E-state index in [1.54, 1.807) is 0 Å². The molecule has 0 unspecified atom stereocenters. The summed E-state index contributed by atoms with van der Waals surface area (Å²) >= 11 is 0. The molecule has 2 nitrogen and oxygen atoms in total. The highest BCUT2D eigenvalue weighted by molar-refractivity contribution is 5.45. The van der Waals surface area contributed by atoms with Crippen LogP contribution in [0.3, 0.4) is 0 Å². The third-order valence-electron chi connectivity index (χ3n) is 1.01. The number of unbranched alkanes of at least 4 members (excludes halogenated alkanes) is 2. The molecule has 1 N–H and O–H groups in total. The SMILES string of the molecule is CCCCCNC=O. The predicted molar refractivity (Wildman–Crippen MR) is 33.6 cm³/mol. The van der Waals surface area contributed by atoms with Gasteiger partial charge in [0.15, 0.2) is 0 Å². The van der Waals surface area contributed by atoms with E-state index in [-0.39, 0.29) is 0 Å². The molecule has 0 saturated carbocycles. The quantitative estimate of drug-likeness (QED) is 0.419. The summed E-state index contributed by atoms with van der Waals surface area (Å²) in [5.41, 5.74) is 0. The molecule has 0 aliphatic heterocycles. The van der Waals surface area contributed by atoms with Gasteiger partial charge in [0, 0.05) is 6.54 Å². The topological polar surface area (TPSA) is 29.1 Å². The maximum absolute atomic E-state index is 9.66. The number of carbonyl (C=O) groups is 1. The van der Waals surface area contributed by atoms with Crippen LogP contribution in [0.1, 0.15) is 26.2 Å². The van der Waals surface area contributed by atoms with Gasteiger partial charge in [-0.3, -0.25) is 4.79 Å². The smallest absolute Gasteiger partial charge is 0.207 e. The lowest BCUT2D eigenvalue weighted by Gasteiger charge is -1.93. The molecular formula is C6H13NO. The highest BCUT2D eigenvalue weighted by atomic mass is 16.1. The number of rotatable bonds is 5. The Balaban J connectivity index is 2.62. The Morgan fingerprint density at radius 2 is 2.25 bits per heavy atom. The van der Waals surface area contributed by atoms with E-state index in [4.69, 9.17) is 0 Å². The van der Waals surface area contributed by atoms with Crippen molar-refractivity contribution in [1.82, 2.24) is 5.32 Å². The van der Waals surface area contributed by atoms with Crippen LogP contribution in [0, 0.1) is 0 Å². The molecule has 0 aromatic heterocycles. The Labute approximate surface area is 50.3 Å². The Morgan fingerprint density at radius 3 is 2.75 bits per heavy atom. The Bertz CT molecular complexity index is 54.5. The van der Waals surface area contributed by atoms with Crippen molar-refractivity contribution in [1.29, 1.82) is 0 Å². The first-order chi connectivity index (χ1) is 3.91. The highest BCUT2D eigenvalue weighted by Crippen LogP contribution is 1.89. The second-order valence-electron chi connectivity index (χ2n) is 1.78. The molecule has 0 saturated heterocycles. The average molecular weight is 115 g/mol. The van der Waals surface area contributed by atoms with Crippen molar-refractivity contribution in [2.45, 2.75) is 26.2 Å². The molecule has 0 aliphatic carbocycles. The molecule has 0 heterocycles. The zero-order chi connectivity index (χ0) is 6.24. The molecular weight excluding hydrogens is 102 g/mol. The van der Waals surface area contributed by atoms with Gasteiger partial charge in [-0.25, -0.2) is 0 Å². The fourth-order valence-corrected chi connectivity index (χ4v) is 0.536. The molecule has 0 radical (unpaired) electrons. The first-order valence-electron chi connectivity index (χ1n) is 3.09. The Hall–Kier alpha value is -0.530. The summed E-state index contributed by atoms with van der Waals surface area (Å²) in [7, 11) is 0. The van der Waals surface area contributed by atoms with Gasteiger partial charge < -0.3 is 5.32 Å². The van der Waals surface area contributed by atoms with Crippen LogP contribution < -0.4 is 5.32 Å². The summed E-state index contributed by atoms with van der Waals surface area (Å²) in [4.78, 5) is 9.66. The predicted octanol–water partition coefficient (Wildman–Crippen LogP) is 0.923. The normalized spacial score (nSPS) is 8.62. The van der Waals surface area contributed by atoms with Crippen LogP contribution in [0.4, 0.5) is 0 Å². The summed E-state index contributed by atoms with van der Waals surface area (Å²) < 4.78 is 0. The van der Waals surface area contributed by atoms with Crippen LogP contribution in [0.25, 0.3) is 0 Å². The van der Waals surface area contributed by atoms with E-state index in [1.165, 1.54) is 12.8 Å². The zero-order valence-electron chi connectivity index (χ0n) is 5.31. The maximum Gasteiger partial charge on any atom is 0.207 e. The lowest BCUT2D eigenvalue weighted by Crippen LogP contribution is -2.11. The summed E-state index contributed by atoms with van der Waals surface area (Å²) in [6.45, 7) is 2.97. The molecule has 0 atom stereocenters. The second-order valence-corrected chi connectivity index (χ2v) is 1.78. The first-order valence-corrected chi connectivity index (χ1v) is 3.09. The van der Waals surface area contributed by atoms with Crippen LogP contribution in [-0.4, -0.2) is 13.0 Å². The molecule has 1 amide bonds. The van der Waals surface area contributed by atoms with Crippen molar-refractivity contribution in [3.8, 4) is 0 Å². The number of hydrogen-bond acceptors (Lipinski definition) is 1. The number of nitrogens with one attached hydrogen (secondary N) is 1. The van der Waals surface area contributed by atoms with Gasteiger partial charge in [-0.2, -0.15) is 0 Å². The van der Waals surface area contributed by atoms with E-state index in [9.17, 15) is 4.79 Å². The summed E-state index contributed by atoms with van der Waals surface area (Å²) in [5.74, 6) is 0. The summed E-state index contributed by atoms with van der Waals surface area (Å²) in [6.07, 6.45) is 4.27. The molecule has 48 valence electrons. The average Bonchev–Trinajstić information content (AvgIpc) is 1.81. The molecule has 0 rings (SSSR count). The lowest BCUT2D eigenvalue weighted by atomic mass is 10.2. The van der Waals surface area contributed by atoms with E-state index in [0.717, 1.165) is 19.4 Å². The molecule has 0 aromatic carbocycles. The Morgan fingerprint density at radius 1 is 1.50 bits per heavy atom. The van der Waals surface area contributed by atoms with Gasteiger partial charge in [0.25, 0.3) is 0 Å². The minimum atomic E-state index is 0.746. The molecule has 2 heteroatoms. The number of hydrogen-bond donors (Lipinski definition) is 1. The molecule has 0 fully saturated rings. The van der Waals surface area contributed by atoms with Gasteiger partial charge >= 0.3 is 0 Å². The van der Waals surface area contributed by atoms with E-state index in [2.05, 4.69) is 12.2 Å². The molecule has 8 heavy (non-hydrogen) atoms. The summed E-state index contributed by atoms with van der Waals surface area (Å²) in [5, 5.41) is 2.60. The summed E-state index contributed by atoms with van der Waals surface area (Å²) in [6, 6.07) is 0. The monoisotopic (exact) mass is 115 g/mol. The fraction of sp³-hybridized carbons (Fsp3) is 0.833. The van der Waals surface area contributed by atoms with Gasteiger partial charge in [-0.1, -0.05) is 19.8 Å². The van der Waals surface area contributed by atoms with Crippen LogP contribution in [0.5, 0.6) is 0 Å². The lowest BCUT2D eigenvalue weighted by molar-refractivity contribution is -0.109. The van der Waals surface area contributed by atoms with E-state index >= 15 is 0 Å². The van der Waals surface area contributed by atoms with Crippen molar-refractivity contribution in [3.05, 3.63) is 0 Å². The van der Waals surface area contributed by atoms with Crippen molar-refractivity contribution in [3.63, 3.8) is 0 Å². The van der Waals surface area contributed by atoms with Crippen molar-refractivity contribution >= 4 is 6.41 Å². The first kappa shape index (κ1) is 7.47. The standard InChI is InChI=1S/C6H13NO/c1-2-3-4-5-7-6-8/h6H,2-5H2,1H3,(H,7,8). The van der Waals surface area contributed by atoms with Crippen LogP contribution in [-0.2, 0) is 4.79 Å². The Kier molecular flexibility index (Phi) is 6.04. The minimum absolute atomic E-state index is 0.746. The van der Waals surface area contributed by atoms with Gasteiger partial charge in [0.2, 0.25) is 6.41 Å². The second kappa shape index (κ2) is 6.47. The molecule has 0 aromatic rings. The van der Waals surface area contributed by atoms with Gasteiger partial charge in [-0.05, 0) is 6.42 Å². The largest absolute Gasteiger partial charge is 0.359 e.